The molecule has 3 nitrogen and oxygen atoms in total. The molecule has 0 bridgehead atoms. The Balaban J connectivity index is 2.40. The number of hydrogen-bond donors (Lipinski definition) is 2. The lowest BCUT2D eigenvalue weighted by Gasteiger charge is -2.15. The van der Waals surface area contributed by atoms with E-state index in [0.717, 1.165) is 30.0 Å². The molecular weight excluding hydrogens is 269 g/mol. The van der Waals surface area contributed by atoms with Crippen molar-refractivity contribution < 1.29 is 14.3 Å². The predicted octanol–water partition coefficient (Wildman–Crippen LogP) is 3.91. The summed E-state index contributed by atoms with van der Waals surface area (Å²) in [4.78, 5) is 12.3. The molecule has 0 atom stereocenters. The maximum Gasteiger partial charge on any atom is 0.262 e. The van der Waals surface area contributed by atoms with Crippen LogP contribution in [-0.2, 0) is 12.8 Å². The summed E-state index contributed by atoms with van der Waals surface area (Å²) in [6.07, 6.45) is 1.51. The zero-order valence-electron chi connectivity index (χ0n) is 12.1. The van der Waals surface area contributed by atoms with E-state index in [4.69, 9.17) is 0 Å². The molecule has 0 unspecified atom stereocenters. The summed E-state index contributed by atoms with van der Waals surface area (Å²) in [5.74, 6) is -1.74. The number of benzene rings is 2. The molecule has 2 rings (SSSR count). The number of aryl methyl sites for hydroxylation is 2. The van der Waals surface area contributed by atoms with Gasteiger partial charge in [0, 0.05) is 5.69 Å². The highest BCUT2D eigenvalue weighted by molar-refractivity contribution is 6.07. The van der Waals surface area contributed by atoms with Crippen molar-refractivity contribution in [2.24, 2.45) is 0 Å². The maximum atomic E-state index is 13.7. The molecule has 2 aromatic carbocycles. The number of halogens is 1. The van der Waals surface area contributed by atoms with Crippen molar-refractivity contribution >= 4 is 11.6 Å². The molecule has 0 saturated carbocycles. The molecule has 0 heterocycles. The van der Waals surface area contributed by atoms with Gasteiger partial charge < -0.3 is 10.4 Å². The van der Waals surface area contributed by atoms with Gasteiger partial charge in [0.15, 0.2) is 0 Å². The molecule has 0 fully saturated rings. The molecule has 0 aliphatic carbocycles. The number of carbonyl (C=O) groups excluding carboxylic acids is 1. The molecule has 0 aliphatic heterocycles. The van der Waals surface area contributed by atoms with Gasteiger partial charge in [-0.05, 0) is 36.1 Å². The van der Waals surface area contributed by atoms with Gasteiger partial charge in [0.1, 0.15) is 17.1 Å². The molecule has 0 saturated heterocycles. The number of para-hydroxylation sites is 1. The number of rotatable bonds is 4. The molecule has 110 valence electrons. The van der Waals surface area contributed by atoms with Gasteiger partial charge in [0.2, 0.25) is 0 Å². The number of nitrogens with one attached hydrogen (secondary N) is 1. The smallest absolute Gasteiger partial charge is 0.262 e. The fourth-order valence-electron chi connectivity index (χ4n) is 2.32. The normalized spacial score (nSPS) is 10.4. The minimum absolute atomic E-state index is 0.328. The van der Waals surface area contributed by atoms with Crippen molar-refractivity contribution in [1.82, 2.24) is 0 Å². The summed E-state index contributed by atoms with van der Waals surface area (Å²) in [5.41, 5.74) is 2.35. The van der Waals surface area contributed by atoms with Crippen molar-refractivity contribution in [1.29, 1.82) is 0 Å². The van der Waals surface area contributed by atoms with Gasteiger partial charge in [-0.3, -0.25) is 4.79 Å². The number of aromatic hydroxyl groups is 1. The van der Waals surface area contributed by atoms with Crippen LogP contribution in [-0.4, -0.2) is 11.0 Å². The summed E-state index contributed by atoms with van der Waals surface area (Å²) >= 11 is 0. The number of hydrogen-bond acceptors (Lipinski definition) is 2. The van der Waals surface area contributed by atoms with E-state index >= 15 is 0 Å². The number of amides is 1. The Bertz CT molecular complexity index is 625. The second kappa shape index (κ2) is 6.39. The first-order valence-corrected chi connectivity index (χ1v) is 6.98. The second-order valence-electron chi connectivity index (χ2n) is 4.75. The Morgan fingerprint density at radius 1 is 1.10 bits per heavy atom. The van der Waals surface area contributed by atoms with Crippen LogP contribution in [0.1, 0.15) is 35.3 Å². The van der Waals surface area contributed by atoms with Crippen molar-refractivity contribution in [2.75, 3.05) is 5.32 Å². The highest BCUT2D eigenvalue weighted by Gasteiger charge is 2.18. The van der Waals surface area contributed by atoms with Gasteiger partial charge >= 0.3 is 0 Å². The summed E-state index contributed by atoms with van der Waals surface area (Å²) in [6.45, 7) is 3.98. The van der Waals surface area contributed by atoms with Crippen LogP contribution in [0, 0.1) is 5.82 Å². The van der Waals surface area contributed by atoms with Gasteiger partial charge in [-0.1, -0.05) is 38.1 Å². The summed E-state index contributed by atoms with van der Waals surface area (Å²) in [7, 11) is 0. The Labute approximate surface area is 123 Å². The van der Waals surface area contributed by atoms with E-state index in [1.54, 1.807) is 0 Å². The minimum Gasteiger partial charge on any atom is -0.507 e. The quantitative estimate of drug-likeness (QED) is 0.895. The number of anilines is 1. The van der Waals surface area contributed by atoms with Crippen molar-refractivity contribution in [2.45, 2.75) is 26.7 Å². The summed E-state index contributed by atoms with van der Waals surface area (Å²) in [5, 5.41) is 12.4. The van der Waals surface area contributed by atoms with E-state index in [-0.39, 0.29) is 11.3 Å². The highest BCUT2D eigenvalue weighted by atomic mass is 19.1. The Hall–Kier alpha value is -2.36. The molecule has 2 N–H and O–H groups in total. The average Bonchev–Trinajstić information content (AvgIpc) is 2.47. The average molecular weight is 287 g/mol. The Kier molecular flexibility index (Phi) is 4.58. The minimum atomic E-state index is -0.737. The third-order valence-electron chi connectivity index (χ3n) is 3.46. The van der Waals surface area contributed by atoms with Gasteiger partial charge in [0.25, 0.3) is 5.91 Å². The molecular formula is C17H18FNO2. The predicted molar refractivity (Wildman–Crippen MR) is 81.2 cm³/mol. The molecule has 1 amide bonds. The molecule has 4 heteroatoms. The van der Waals surface area contributed by atoms with Crippen LogP contribution in [0.3, 0.4) is 0 Å². The lowest BCUT2D eigenvalue weighted by molar-refractivity contribution is 0.102. The van der Waals surface area contributed by atoms with E-state index in [2.05, 4.69) is 5.32 Å². The molecule has 21 heavy (non-hydrogen) atoms. The van der Waals surface area contributed by atoms with E-state index < -0.39 is 11.7 Å². The van der Waals surface area contributed by atoms with E-state index in [1.807, 2.05) is 32.0 Å². The molecule has 0 radical (unpaired) electrons. The van der Waals surface area contributed by atoms with Crippen molar-refractivity contribution in [3.8, 4) is 5.75 Å². The lowest BCUT2D eigenvalue weighted by Crippen LogP contribution is -2.16. The molecule has 2 aromatic rings. The standard InChI is InChI=1S/C17H18FNO2/c1-3-11-7-5-8-12(4-2)16(11)19-17(21)15-13(18)9-6-10-14(15)20/h5-10,20H,3-4H2,1-2H3,(H,19,21). The van der Waals surface area contributed by atoms with Gasteiger partial charge in [-0.25, -0.2) is 4.39 Å². The first kappa shape index (κ1) is 15.0. The number of phenolic OH excluding ortho intramolecular Hbond substituents is 1. The third-order valence-corrected chi connectivity index (χ3v) is 3.46. The third kappa shape index (κ3) is 3.05. The van der Waals surface area contributed by atoms with Crippen LogP contribution < -0.4 is 5.32 Å². The maximum absolute atomic E-state index is 13.7. The Morgan fingerprint density at radius 2 is 1.67 bits per heavy atom. The van der Waals surface area contributed by atoms with E-state index in [9.17, 15) is 14.3 Å². The van der Waals surface area contributed by atoms with Crippen LogP contribution in [0.15, 0.2) is 36.4 Å². The zero-order valence-corrected chi connectivity index (χ0v) is 12.1. The first-order valence-electron chi connectivity index (χ1n) is 6.98. The summed E-state index contributed by atoms with van der Waals surface area (Å²) < 4.78 is 13.7. The fourth-order valence-corrected chi connectivity index (χ4v) is 2.32. The monoisotopic (exact) mass is 287 g/mol. The van der Waals surface area contributed by atoms with Crippen LogP contribution in [0.5, 0.6) is 5.75 Å². The number of carbonyl (C=O) groups is 1. The van der Waals surface area contributed by atoms with E-state index in [0.29, 0.717) is 5.69 Å². The van der Waals surface area contributed by atoms with Gasteiger partial charge in [-0.15, -0.1) is 0 Å². The number of phenols is 1. The molecule has 0 spiro atoms. The molecule has 0 aliphatic rings. The molecule has 0 aromatic heterocycles. The lowest BCUT2D eigenvalue weighted by atomic mass is 10.0. The second-order valence-corrected chi connectivity index (χ2v) is 4.75. The van der Waals surface area contributed by atoms with Crippen LogP contribution in [0.2, 0.25) is 0 Å². The highest BCUT2D eigenvalue weighted by Crippen LogP contribution is 2.26. The van der Waals surface area contributed by atoms with Crippen molar-refractivity contribution in [3.63, 3.8) is 0 Å². The van der Waals surface area contributed by atoms with Gasteiger partial charge in [-0.2, -0.15) is 0 Å². The fraction of sp³-hybridized carbons (Fsp3) is 0.235. The van der Waals surface area contributed by atoms with Gasteiger partial charge in [0.05, 0.1) is 0 Å². The van der Waals surface area contributed by atoms with Crippen molar-refractivity contribution in [3.05, 3.63) is 58.9 Å². The topological polar surface area (TPSA) is 49.3 Å². The summed E-state index contributed by atoms with van der Waals surface area (Å²) in [6, 6.07) is 9.60. The van der Waals surface area contributed by atoms with Crippen LogP contribution >= 0.6 is 0 Å². The zero-order chi connectivity index (χ0) is 15.4. The van der Waals surface area contributed by atoms with E-state index in [1.165, 1.54) is 12.1 Å². The largest absolute Gasteiger partial charge is 0.507 e. The van der Waals surface area contributed by atoms with Crippen LogP contribution in [0.4, 0.5) is 10.1 Å². The van der Waals surface area contributed by atoms with Crippen LogP contribution in [0.25, 0.3) is 0 Å². The Morgan fingerprint density at radius 3 is 2.19 bits per heavy atom. The first-order chi connectivity index (χ1) is 10.1. The SMILES string of the molecule is CCc1cccc(CC)c1NC(=O)c1c(O)cccc1F.